The number of amides is 1. The third-order valence-corrected chi connectivity index (χ3v) is 5.12. The Kier molecular flexibility index (Phi) is 8.91. The van der Waals surface area contributed by atoms with Crippen molar-refractivity contribution in [2.75, 3.05) is 40.3 Å². The van der Waals surface area contributed by atoms with Crippen LogP contribution in [0.1, 0.15) is 24.8 Å². The molecule has 1 saturated heterocycles. The van der Waals surface area contributed by atoms with Gasteiger partial charge < -0.3 is 16.0 Å². The van der Waals surface area contributed by atoms with Crippen molar-refractivity contribution in [3.63, 3.8) is 0 Å². The first kappa shape index (κ1) is 20.7. The molecule has 1 amide bonds. The van der Waals surface area contributed by atoms with Gasteiger partial charge in [0.15, 0.2) is 5.96 Å². The van der Waals surface area contributed by atoms with E-state index < -0.39 is 0 Å². The third kappa shape index (κ3) is 7.33. The fourth-order valence-corrected chi connectivity index (χ4v) is 3.54. The molecule has 1 aliphatic rings. The number of halogens is 1. The molecule has 0 radical (unpaired) electrons. The Bertz CT molecular complexity index is 599. The number of benzene rings is 1. The van der Waals surface area contributed by atoms with E-state index in [0.29, 0.717) is 12.6 Å². The van der Waals surface area contributed by atoms with Crippen molar-refractivity contribution in [1.29, 1.82) is 0 Å². The van der Waals surface area contributed by atoms with Crippen molar-refractivity contribution in [1.82, 2.24) is 20.9 Å². The fourth-order valence-electron chi connectivity index (χ4n) is 3.10. The summed E-state index contributed by atoms with van der Waals surface area (Å²) in [5, 5.41) is 9.59. The highest BCUT2D eigenvalue weighted by Crippen LogP contribution is 2.13. The van der Waals surface area contributed by atoms with Gasteiger partial charge in [-0.2, -0.15) is 0 Å². The SMILES string of the molecule is CN=C(NCCCc1cccc(Br)c1)NC1CCN(CC(=O)NC)CC1. The number of carbonyl (C=O) groups is 1. The molecule has 1 aromatic rings. The van der Waals surface area contributed by atoms with Gasteiger partial charge in [-0.3, -0.25) is 14.7 Å². The Labute approximate surface area is 165 Å². The fraction of sp³-hybridized carbons (Fsp3) is 0.579. The number of hydrogen-bond donors (Lipinski definition) is 3. The Balaban J connectivity index is 1.64. The Morgan fingerprint density at radius 2 is 2.12 bits per heavy atom. The monoisotopic (exact) mass is 423 g/mol. The molecule has 6 nitrogen and oxygen atoms in total. The number of carbonyl (C=O) groups excluding carboxylic acids is 1. The van der Waals surface area contributed by atoms with Crippen molar-refractivity contribution in [2.45, 2.75) is 31.7 Å². The first-order valence-corrected chi connectivity index (χ1v) is 10.0. The molecule has 26 heavy (non-hydrogen) atoms. The maximum absolute atomic E-state index is 11.5. The Morgan fingerprint density at radius 1 is 1.35 bits per heavy atom. The van der Waals surface area contributed by atoms with Gasteiger partial charge in [0.2, 0.25) is 5.91 Å². The number of nitrogens with one attached hydrogen (secondary N) is 3. The van der Waals surface area contributed by atoms with Crippen LogP contribution < -0.4 is 16.0 Å². The van der Waals surface area contributed by atoms with Gasteiger partial charge in [0.05, 0.1) is 6.54 Å². The van der Waals surface area contributed by atoms with Gasteiger partial charge in [-0.1, -0.05) is 28.1 Å². The summed E-state index contributed by atoms with van der Waals surface area (Å²) in [6.07, 6.45) is 4.15. The van der Waals surface area contributed by atoms with E-state index in [9.17, 15) is 4.79 Å². The lowest BCUT2D eigenvalue weighted by Crippen LogP contribution is -2.50. The molecule has 0 aliphatic carbocycles. The minimum Gasteiger partial charge on any atom is -0.358 e. The topological polar surface area (TPSA) is 68.8 Å². The zero-order valence-corrected chi connectivity index (χ0v) is 17.3. The Morgan fingerprint density at radius 3 is 2.77 bits per heavy atom. The van der Waals surface area contributed by atoms with E-state index in [-0.39, 0.29) is 5.91 Å². The predicted molar refractivity (Wildman–Crippen MR) is 110 cm³/mol. The summed E-state index contributed by atoms with van der Waals surface area (Å²) < 4.78 is 1.13. The van der Waals surface area contributed by atoms with Crippen LogP contribution in [0.4, 0.5) is 0 Å². The molecule has 0 saturated carbocycles. The summed E-state index contributed by atoms with van der Waals surface area (Å²) in [7, 11) is 3.49. The molecule has 0 atom stereocenters. The van der Waals surface area contributed by atoms with Crippen molar-refractivity contribution in [3.8, 4) is 0 Å². The predicted octanol–water partition coefficient (Wildman–Crippen LogP) is 1.76. The minimum absolute atomic E-state index is 0.0827. The summed E-state index contributed by atoms with van der Waals surface area (Å²) in [5.41, 5.74) is 1.34. The van der Waals surface area contributed by atoms with Gasteiger partial charge in [-0.25, -0.2) is 0 Å². The van der Waals surface area contributed by atoms with E-state index in [2.05, 4.69) is 60.0 Å². The van der Waals surface area contributed by atoms with Gasteiger partial charge in [0.25, 0.3) is 0 Å². The van der Waals surface area contributed by atoms with Gasteiger partial charge in [0, 0.05) is 44.2 Å². The third-order valence-electron chi connectivity index (χ3n) is 4.62. The summed E-state index contributed by atoms with van der Waals surface area (Å²) in [5.74, 6) is 0.948. The van der Waals surface area contributed by atoms with Crippen LogP contribution in [-0.4, -0.2) is 63.1 Å². The molecule has 2 rings (SSSR count). The normalized spacial score (nSPS) is 16.3. The average Bonchev–Trinajstić information content (AvgIpc) is 2.65. The second-order valence-electron chi connectivity index (χ2n) is 6.60. The zero-order chi connectivity index (χ0) is 18.8. The molecule has 0 bridgehead atoms. The van der Waals surface area contributed by atoms with Crippen LogP contribution >= 0.6 is 15.9 Å². The molecule has 0 aromatic heterocycles. The van der Waals surface area contributed by atoms with Crippen LogP contribution in [0.5, 0.6) is 0 Å². The summed E-state index contributed by atoms with van der Waals surface area (Å²) in [6, 6.07) is 8.86. The number of aliphatic imine (C=N–C) groups is 1. The highest BCUT2D eigenvalue weighted by molar-refractivity contribution is 9.10. The van der Waals surface area contributed by atoms with Crippen molar-refractivity contribution >= 4 is 27.8 Å². The number of hydrogen-bond acceptors (Lipinski definition) is 3. The van der Waals surface area contributed by atoms with E-state index in [1.165, 1.54) is 5.56 Å². The van der Waals surface area contributed by atoms with Crippen molar-refractivity contribution < 1.29 is 4.79 Å². The van der Waals surface area contributed by atoms with Gasteiger partial charge >= 0.3 is 0 Å². The molecule has 3 N–H and O–H groups in total. The molecular formula is C19H30BrN5O. The molecule has 1 aromatic carbocycles. The van der Waals surface area contributed by atoms with Gasteiger partial charge in [-0.15, -0.1) is 0 Å². The van der Waals surface area contributed by atoms with Gasteiger partial charge in [0.1, 0.15) is 0 Å². The maximum atomic E-state index is 11.5. The number of guanidine groups is 1. The first-order chi connectivity index (χ1) is 12.6. The van der Waals surface area contributed by atoms with E-state index in [1.807, 2.05) is 13.1 Å². The average molecular weight is 424 g/mol. The summed E-state index contributed by atoms with van der Waals surface area (Å²) >= 11 is 3.51. The number of aryl methyl sites for hydroxylation is 1. The number of piperidine rings is 1. The summed E-state index contributed by atoms with van der Waals surface area (Å²) in [6.45, 7) is 3.25. The molecular weight excluding hydrogens is 394 g/mol. The van der Waals surface area contributed by atoms with Crippen LogP contribution in [0, 0.1) is 0 Å². The lowest BCUT2D eigenvalue weighted by molar-refractivity contribution is -0.122. The van der Waals surface area contributed by atoms with E-state index >= 15 is 0 Å². The minimum atomic E-state index is 0.0827. The standard InChI is InChI=1S/C19H30BrN5O/c1-21-18(26)14-25-11-8-17(9-12-25)24-19(22-2)23-10-4-6-15-5-3-7-16(20)13-15/h3,5,7,13,17H,4,6,8-12,14H2,1-2H3,(H,21,26)(H2,22,23,24). The lowest BCUT2D eigenvalue weighted by atomic mass is 10.1. The van der Waals surface area contributed by atoms with Crippen LogP contribution in [0.2, 0.25) is 0 Å². The largest absolute Gasteiger partial charge is 0.358 e. The zero-order valence-electron chi connectivity index (χ0n) is 15.7. The number of likely N-dealkylation sites (tertiary alicyclic amines) is 1. The quantitative estimate of drug-likeness (QED) is 0.355. The smallest absolute Gasteiger partial charge is 0.233 e. The second kappa shape index (κ2) is 11.2. The highest BCUT2D eigenvalue weighted by Gasteiger charge is 2.21. The van der Waals surface area contributed by atoms with E-state index in [4.69, 9.17) is 0 Å². The molecule has 1 aliphatic heterocycles. The molecule has 0 spiro atoms. The molecule has 0 unspecified atom stereocenters. The molecule has 1 fully saturated rings. The second-order valence-corrected chi connectivity index (χ2v) is 7.52. The molecule has 144 valence electrons. The lowest BCUT2D eigenvalue weighted by Gasteiger charge is -2.32. The van der Waals surface area contributed by atoms with E-state index in [1.54, 1.807) is 7.05 Å². The van der Waals surface area contributed by atoms with Crippen LogP contribution in [0.15, 0.2) is 33.7 Å². The number of nitrogens with zero attached hydrogens (tertiary/aromatic N) is 2. The number of likely N-dealkylation sites (N-methyl/N-ethyl adjacent to an activating group) is 1. The highest BCUT2D eigenvalue weighted by atomic mass is 79.9. The number of rotatable bonds is 7. The van der Waals surface area contributed by atoms with Crippen LogP contribution in [0.3, 0.4) is 0 Å². The van der Waals surface area contributed by atoms with E-state index in [0.717, 1.165) is 55.7 Å². The maximum Gasteiger partial charge on any atom is 0.233 e. The molecule has 1 heterocycles. The molecule has 7 heteroatoms. The summed E-state index contributed by atoms with van der Waals surface area (Å²) in [4.78, 5) is 18.0. The van der Waals surface area contributed by atoms with Crippen molar-refractivity contribution in [3.05, 3.63) is 34.3 Å². The first-order valence-electron chi connectivity index (χ1n) is 9.25. The van der Waals surface area contributed by atoms with Crippen LogP contribution in [-0.2, 0) is 11.2 Å². The van der Waals surface area contributed by atoms with Gasteiger partial charge in [-0.05, 0) is 43.4 Å². The Hall–Kier alpha value is -1.60. The van der Waals surface area contributed by atoms with Crippen LogP contribution in [0.25, 0.3) is 0 Å². The van der Waals surface area contributed by atoms with Crippen molar-refractivity contribution in [2.24, 2.45) is 4.99 Å².